The number of hydrogen-bond acceptors (Lipinski definition) is 4. The first kappa shape index (κ1) is 24.3. The van der Waals surface area contributed by atoms with Gasteiger partial charge in [-0.25, -0.2) is 0 Å². The second kappa shape index (κ2) is 12.7. The molecule has 0 radical (unpaired) electrons. The predicted octanol–water partition coefficient (Wildman–Crippen LogP) is 5.52. The Morgan fingerprint density at radius 1 is 0.871 bits per heavy atom. The van der Waals surface area contributed by atoms with Gasteiger partial charge < -0.3 is 10.1 Å². The molecule has 0 aliphatic heterocycles. The second-order valence-corrected chi connectivity index (χ2v) is 7.75. The van der Waals surface area contributed by atoms with Gasteiger partial charge in [0.25, 0.3) is 5.91 Å². The van der Waals surface area contributed by atoms with Crippen molar-refractivity contribution < 1.29 is 19.1 Å². The van der Waals surface area contributed by atoms with E-state index in [0.717, 1.165) is 19.3 Å². The van der Waals surface area contributed by atoms with Crippen molar-refractivity contribution in [2.24, 2.45) is 0 Å². The molecule has 2 aromatic carbocycles. The standard InChI is InChI=1S/C26H33NO4/c1-4-6-7-8-21-9-13-22(14-10-21)24(28)17-18-25(29)31-19(3)26(30)27-23-15-11-20(5-2)12-16-23/h9-16,19H,4-8,17-18H2,1-3H3,(H,27,30)/t19-/m0/s1. The van der Waals surface area contributed by atoms with E-state index < -0.39 is 18.0 Å². The number of hydrogen-bond donors (Lipinski definition) is 1. The monoisotopic (exact) mass is 423 g/mol. The summed E-state index contributed by atoms with van der Waals surface area (Å²) in [5.41, 5.74) is 3.63. The molecule has 0 saturated heterocycles. The molecule has 0 fully saturated rings. The number of benzene rings is 2. The maximum absolute atomic E-state index is 12.3. The van der Waals surface area contributed by atoms with Gasteiger partial charge in [-0.15, -0.1) is 0 Å². The van der Waals surface area contributed by atoms with Crippen LogP contribution in [0.5, 0.6) is 0 Å². The fourth-order valence-corrected chi connectivity index (χ4v) is 3.17. The van der Waals surface area contributed by atoms with Crippen molar-refractivity contribution in [3.05, 3.63) is 65.2 Å². The molecule has 1 amide bonds. The van der Waals surface area contributed by atoms with Gasteiger partial charge in [0.1, 0.15) is 0 Å². The van der Waals surface area contributed by atoms with Crippen LogP contribution in [0.3, 0.4) is 0 Å². The molecule has 0 aromatic heterocycles. The van der Waals surface area contributed by atoms with Gasteiger partial charge in [0.15, 0.2) is 11.9 Å². The van der Waals surface area contributed by atoms with Gasteiger partial charge in [-0.2, -0.15) is 0 Å². The molecule has 1 atom stereocenters. The Morgan fingerprint density at radius 2 is 1.52 bits per heavy atom. The van der Waals surface area contributed by atoms with E-state index in [1.54, 1.807) is 0 Å². The van der Waals surface area contributed by atoms with E-state index >= 15 is 0 Å². The first-order valence-corrected chi connectivity index (χ1v) is 11.1. The average Bonchev–Trinajstić information content (AvgIpc) is 2.78. The van der Waals surface area contributed by atoms with Crippen molar-refractivity contribution >= 4 is 23.3 Å². The topological polar surface area (TPSA) is 72.5 Å². The van der Waals surface area contributed by atoms with E-state index in [-0.39, 0.29) is 18.6 Å². The molecule has 0 unspecified atom stereocenters. The molecule has 0 heterocycles. The van der Waals surface area contributed by atoms with Gasteiger partial charge in [0, 0.05) is 17.7 Å². The number of unbranched alkanes of at least 4 members (excludes halogenated alkanes) is 2. The quantitative estimate of drug-likeness (QED) is 0.277. The maximum Gasteiger partial charge on any atom is 0.307 e. The van der Waals surface area contributed by atoms with Crippen LogP contribution in [0.4, 0.5) is 5.69 Å². The van der Waals surface area contributed by atoms with Gasteiger partial charge in [0.05, 0.1) is 6.42 Å². The van der Waals surface area contributed by atoms with Crippen molar-refractivity contribution in [2.75, 3.05) is 5.32 Å². The normalized spacial score (nSPS) is 11.6. The van der Waals surface area contributed by atoms with Gasteiger partial charge in [-0.3, -0.25) is 14.4 Å². The summed E-state index contributed by atoms with van der Waals surface area (Å²) in [6.07, 6.45) is 4.52. The van der Waals surface area contributed by atoms with Crippen LogP contribution in [0.25, 0.3) is 0 Å². The Kier molecular flexibility index (Phi) is 9.95. The number of ether oxygens (including phenoxy) is 1. The SMILES string of the molecule is CCCCCc1ccc(C(=O)CCC(=O)O[C@@H](C)C(=O)Nc2ccc(CC)cc2)cc1. The Balaban J connectivity index is 1.75. The summed E-state index contributed by atoms with van der Waals surface area (Å²) in [6.45, 7) is 5.75. The van der Waals surface area contributed by atoms with E-state index in [1.165, 1.54) is 30.9 Å². The third-order valence-corrected chi connectivity index (χ3v) is 5.21. The lowest BCUT2D eigenvalue weighted by Gasteiger charge is -2.13. The Morgan fingerprint density at radius 3 is 2.13 bits per heavy atom. The fraction of sp³-hybridized carbons (Fsp3) is 0.423. The number of Topliss-reactive ketones (excluding diaryl/α,β-unsaturated/α-hetero) is 1. The van der Waals surface area contributed by atoms with Gasteiger partial charge in [-0.05, 0) is 49.4 Å². The molecule has 5 nitrogen and oxygen atoms in total. The maximum atomic E-state index is 12.3. The molecule has 166 valence electrons. The van der Waals surface area contributed by atoms with Crippen molar-refractivity contribution in [1.82, 2.24) is 0 Å². The lowest BCUT2D eigenvalue weighted by molar-refractivity contribution is -0.153. The summed E-state index contributed by atoms with van der Waals surface area (Å²) < 4.78 is 5.19. The number of carbonyl (C=O) groups excluding carboxylic acids is 3. The van der Waals surface area contributed by atoms with Crippen LogP contribution in [0.2, 0.25) is 0 Å². The largest absolute Gasteiger partial charge is 0.453 e. The van der Waals surface area contributed by atoms with Crippen LogP contribution in [0.15, 0.2) is 48.5 Å². The summed E-state index contributed by atoms with van der Waals surface area (Å²) in [5, 5.41) is 2.73. The van der Waals surface area contributed by atoms with Gasteiger partial charge in [0.2, 0.25) is 0 Å². The van der Waals surface area contributed by atoms with E-state index in [0.29, 0.717) is 11.3 Å². The average molecular weight is 424 g/mol. The molecule has 2 rings (SSSR count). The second-order valence-electron chi connectivity index (χ2n) is 7.75. The lowest BCUT2D eigenvalue weighted by Crippen LogP contribution is -2.30. The van der Waals surface area contributed by atoms with Crippen molar-refractivity contribution in [2.45, 2.75) is 71.8 Å². The van der Waals surface area contributed by atoms with Crippen LogP contribution in [-0.4, -0.2) is 23.8 Å². The highest BCUT2D eigenvalue weighted by Gasteiger charge is 2.19. The molecule has 31 heavy (non-hydrogen) atoms. The number of esters is 1. The number of carbonyl (C=O) groups is 3. The van der Waals surface area contributed by atoms with Crippen LogP contribution in [-0.2, 0) is 27.2 Å². The predicted molar refractivity (Wildman–Crippen MR) is 123 cm³/mol. The first-order valence-electron chi connectivity index (χ1n) is 11.1. The van der Waals surface area contributed by atoms with Crippen LogP contribution in [0.1, 0.15) is 74.4 Å². The lowest BCUT2D eigenvalue weighted by atomic mass is 10.0. The minimum Gasteiger partial charge on any atom is -0.453 e. The molecular formula is C26H33NO4. The van der Waals surface area contributed by atoms with Crippen molar-refractivity contribution in [3.63, 3.8) is 0 Å². The number of amides is 1. The van der Waals surface area contributed by atoms with Gasteiger partial charge >= 0.3 is 5.97 Å². The highest BCUT2D eigenvalue weighted by atomic mass is 16.5. The van der Waals surface area contributed by atoms with Crippen LogP contribution >= 0.6 is 0 Å². The molecule has 2 aromatic rings. The van der Waals surface area contributed by atoms with E-state index in [4.69, 9.17) is 4.74 Å². The zero-order valence-electron chi connectivity index (χ0n) is 18.8. The molecule has 0 aliphatic rings. The number of nitrogens with one attached hydrogen (secondary N) is 1. The Labute approximate surface area is 185 Å². The molecule has 0 saturated carbocycles. The molecule has 0 aliphatic carbocycles. The van der Waals surface area contributed by atoms with Crippen LogP contribution < -0.4 is 5.32 Å². The highest BCUT2D eigenvalue weighted by molar-refractivity contribution is 5.98. The molecule has 1 N–H and O–H groups in total. The van der Waals surface area contributed by atoms with E-state index in [1.807, 2.05) is 48.5 Å². The van der Waals surface area contributed by atoms with Gasteiger partial charge in [-0.1, -0.05) is 63.1 Å². The van der Waals surface area contributed by atoms with E-state index in [2.05, 4.69) is 19.2 Å². The Hall–Kier alpha value is -2.95. The number of ketones is 1. The van der Waals surface area contributed by atoms with E-state index in [9.17, 15) is 14.4 Å². The third kappa shape index (κ3) is 8.36. The highest BCUT2D eigenvalue weighted by Crippen LogP contribution is 2.13. The van der Waals surface area contributed by atoms with Crippen molar-refractivity contribution in [1.29, 1.82) is 0 Å². The number of aryl methyl sites for hydroxylation is 2. The zero-order valence-corrected chi connectivity index (χ0v) is 18.8. The number of anilines is 1. The minimum absolute atomic E-state index is 0.0557. The Bertz CT molecular complexity index is 856. The fourth-order valence-electron chi connectivity index (χ4n) is 3.17. The first-order chi connectivity index (χ1) is 14.9. The summed E-state index contributed by atoms with van der Waals surface area (Å²) in [7, 11) is 0. The minimum atomic E-state index is -0.934. The summed E-state index contributed by atoms with van der Waals surface area (Å²) in [4.78, 5) is 36.7. The summed E-state index contributed by atoms with van der Waals surface area (Å²) in [6, 6.07) is 15.1. The molecule has 0 bridgehead atoms. The third-order valence-electron chi connectivity index (χ3n) is 5.21. The molecular weight excluding hydrogens is 390 g/mol. The smallest absolute Gasteiger partial charge is 0.307 e. The number of rotatable bonds is 12. The van der Waals surface area contributed by atoms with Crippen molar-refractivity contribution in [3.8, 4) is 0 Å². The van der Waals surface area contributed by atoms with Crippen LogP contribution in [0, 0.1) is 0 Å². The summed E-state index contributed by atoms with van der Waals surface area (Å²) >= 11 is 0. The molecule has 5 heteroatoms. The zero-order chi connectivity index (χ0) is 22.6. The summed E-state index contributed by atoms with van der Waals surface area (Å²) in [5.74, 6) is -1.07. The molecule has 0 spiro atoms.